The number of carbonyl (C=O) groups excluding carboxylic acids is 1. The van der Waals surface area contributed by atoms with Gasteiger partial charge in [0.2, 0.25) is 0 Å². The van der Waals surface area contributed by atoms with E-state index < -0.39 is 0 Å². The van der Waals surface area contributed by atoms with E-state index in [4.69, 9.17) is 0 Å². The molecule has 0 spiro atoms. The molecule has 1 amide bonds. The third kappa shape index (κ3) is 3.25. The molecule has 22 heavy (non-hydrogen) atoms. The van der Waals surface area contributed by atoms with Gasteiger partial charge < -0.3 is 10.4 Å². The molecule has 1 aromatic heterocycles. The van der Waals surface area contributed by atoms with Crippen LogP contribution in [0.2, 0.25) is 0 Å². The predicted octanol–water partition coefficient (Wildman–Crippen LogP) is 2.78. The first kappa shape index (κ1) is 14.1. The molecule has 0 fully saturated rings. The van der Waals surface area contributed by atoms with Gasteiger partial charge in [-0.1, -0.05) is 30.0 Å². The molecule has 0 aliphatic rings. The number of hydrogen-bond donors (Lipinski definition) is 2. The Bertz CT molecular complexity index is 876. The van der Waals surface area contributed by atoms with Crippen molar-refractivity contribution in [3.05, 3.63) is 59.1 Å². The summed E-state index contributed by atoms with van der Waals surface area (Å²) in [5, 5.41) is 12.5. The third-order valence-corrected chi connectivity index (χ3v) is 3.93. The number of rotatable bonds is 2. The molecule has 0 aliphatic carbocycles. The number of benzene rings is 2. The zero-order valence-electron chi connectivity index (χ0n) is 11.5. The minimum Gasteiger partial charge on any atom is -0.508 e. The molecule has 0 saturated carbocycles. The molecule has 1 heterocycles. The summed E-state index contributed by atoms with van der Waals surface area (Å²) in [7, 11) is 0. The van der Waals surface area contributed by atoms with Crippen LogP contribution in [0, 0.1) is 11.8 Å². The smallest absolute Gasteiger partial charge is 0.281 e. The number of hydrogen-bond acceptors (Lipinski definition) is 4. The Morgan fingerprint density at radius 3 is 2.86 bits per heavy atom. The highest BCUT2D eigenvalue weighted by molar-refractivity contribution is 7.20. The van der Waals surface area contributed by atoms with E-state index in [2.05, 4.69) is 22.1 Å². The average Bonchev–Trinajstić information content (AvgIpc) is 2.95. The summed E-state index contributed by atoms with van der Waals surface area (Å²) in [6, 6.07) is 14.4. The number of aromatic hydroxyl groups is 1. The molecule has 108 valence electrons. The maximum atomic E-state index is 12.0. The Balaban J connectivity index is 1.65. The average molecular weight is 308 g/mol. The normalized spacial score (nSPS) is 10.0. The highest BCUT2D eigenvalue weighted by Crippen LogP contribution is 2.25. The number of phenolic OH excluding ortho intramolecular Hbond substituents is 1. The van der Waals surface area contributed by atoms with Gasteiger partial charge in [-0.25, -0.2) is 4.98 Å². The molecule has 3 rings (SSSR count). The Kier molecular flexibility index (Phi) is 4.03. The second kappa shape index (κ2) is 6.29. The summed E-state index contributed by atoms with van der Waals surface area (Å²) in [6.45, 7) is 0.259. The molecule has 0 unspecified atom stereocenters. The number of fused-ring (bicyclic) bond motifs is 1. The van der Waals surface area contributed by atoms with Crippen molar-refractivity contribution in [1.82, 2.24) is 10.3 Å². The molecule has 0 aliphatic heterocycles. The van der Waals surface area contributed by atoms with Crippen molar-refractivity contribution in [2.45, 2.75) is 0 Å². The first-order valence-corrected chi connectivity index (χ1v) is 7.46. The number of nitrogens with one attached hydrogen (secondary N) is 1. The van der Waals surface area contributed by atoms with Crippen LogP contribution in [0.4, 0.5) is 0 Å². The SMILES string of the molecule is O=C(NCC#Cc1ccccc1)c1nc2ccc(O)cc2s1. The van der Waals surface area contributed by atoms with Gasteiger partial charge in [-0.05, 0) is 30.3 Å². The largest absolute Gasteiger partial charge is 0.508 e. The van der Waals surface area contributed by atoms with Crippen LogP contribution in [0.3, 0.4) is 0 Å². The Labute approximate surface area is 131 Å². The summed E-state index contributed by atoms with van der Waals surface area (Å²) < 4.78 is 0.778. The van der Waals surface area contributed by atoms with E-state index in [0.717, 1.165) is 10.3 Å². The Morgan fingerprint density at radius 2 is 2.05 bits per heavy atom. The molecule has 2 N–H and O–H groups in total. The van der Waals surface area contributed by atoms with Crippen LogP contribution < -0.4 is 5.32 Å². The molecule has 0 radical (unpaired) electrons. The van der Waals surface area contributed by atoms with Crippen LogP contribution >= 0.6 is 11.3 Å². The van der Waals surface area contributed by atoms with E-state index in [1.165, 1.54) is 11.3 Å². The highest BCUT2D eigenvalue weighted by atomic mass is 32.1. The van der Waals surface area contributed by atoms with Gasteiger partial charge in [-0.15, -0.1) is 11.3 Å². The lowest BCUT2D eigenvalue weighted by atomic mass is 10.2. The van der Waals surface area contributed by atoms with Gasteiger partial charge in [0.05, 0.1) is 16.8 Å². The maximum Gasteiger partial charge on any atom is 0.281 e. The summed E-state index contributed by atoms with van der Waals surface area (Å²) in [5.74, 6) is 5.77. The van der Waals surface area contributed by atoms with Crippen LogP contribution in [-0.2, 0) is 0 Å². The quantitative estimate of drug-likeness (QED) is 0.716. The molecule has 3 aromatic rings. The fraction of sp³-hybridized carbons (Fsp3) is 0.0588. The van der Waals surface area contributed by atoms with E-state index in [-0.39, 0.29) is 18.2 Å². The molecule has 5 heteroatoms. The Hall–Kier alpha value is -2.84. The molecule has 2 aromatic carbocycles. The molecule has 0 saturated heterocycles. The van der Waals surface area contributed by atoms with Crippen molar-refractivity contribution in [2.75, 3.05) is 6.54 Å². The number of amides is 1. The van der Waals surface area contributed by atoms with E-state index in [1.807, 2.05) is 30.3 Å². The van der Waals surface area contributed by atoms with Gasteiger partial charge >= 0.3 is 0 Å². The summed E-state index contributed by atoms with van der Waals surface area (Å²) in [6.07, 6.45) is 0. The lowest BCUT2D eigenvalue weighted by molar-refractivity contribution is 0.0958. The number of aromatic nitrogens is 1. The van der Waals surface area contributed by atoms with E-state index in [0.29, 0.717) is 10.5 Å². The van der Waals surface area contributed by atoms with Gasteiger partial charge in [0.25, 0.3) is 5.91 Å². The van der Waals surface area contributed by atoms with Gasteiger partial charge in [0.1, 0.15) is 5.75 Å². The lowest BCUT2D eigenvalue weighted by Crippen LogP contribution is -2.23. The third-order valence-electron chi connectivity index (χ3n) is 2.91. The lowest BCUT2D eigenvalue weighted by Gasteiger charge is -1.95. The van der Waals surface area contributed by atoms with Crippen LogP contribution in [0.1, 0.15) is 15.4 Å². The number of thiazole rings is 1. The zero-order chi connectivity index (χ0) is 15.4. The van der Waals surface area contributed by atoms with E-state index in [1.54, 1.807) is 18.2 Å². The van der Waals surface area contributed by atoms with E-state index in [9.17, 15) is 9.90 Å². The van der Waals surface area contributed by atoms with Crippen LogP contribution in [0.15, 0.2) is 48.5 Å². The molecule has 0 bridgehead atoms. The van der Waals surface area contributed by atoms with Crippen molar-refractivity contribution < 1.29 is 9.90 Å². The minimum absolute atomic E-state index is 0.164. The summed E-state index contributed by atoms with van der Waals surface area (Å²) in [5.41, 5.74) is 1.61. The number of nitrogens with zero attached hydrogens (tertiary/aromatic N) is 1. The second-order valence-corrected chi connectivity index (χ2v) is 5.55. The van der Waals surface area contributed by atoms with Crippen molar-refractivity contribution in [3.8, 4) is 17.6 Å². The number of phenols is 1. The van der Waals surface area contributed by atoms with Crippen LogP contribution in [-0.4, -0.2) is 22.5 Å². The fourth-order valence-electron chi connectivity index (χ4n) is 1.88. The van der Waals surface area contributed by atoms with Gasteiger partial charge in [0.15, 0.2) is 5.01 Å². The second-order valence-electron chi connectivity index (χ2n) is 4.52. The van der Waals surface area contributed by atoms with Crippen LogP contribution in [0.5, 0.6) is 5.75 Å². The Morgan fingerprint density at radius 1 is 1.23 bits per heavy atom. The van der Waals surface area contributed by atoms with Crippen LogP contribution in [0.25, 0.3) is 10.2 Å². The van der Waals surface area contributed by atoms with Crippen molar-refractivity contribution >= 4 is 27.5 Å². The monoisotopic (exact) mass is 308 g/mol. The van der Waals surface area contributed by atoms with E-state index >= 15 is 0 Å². The molecule has 0 atom stereocenters. The zero-order valence-corrected chi connectivity index (χ0v) is 12.4. The number of carbonyl (C=O) groups is 1. The first-order valence-electron chi connectivity index (χ1n) is 6.64. The van der Waals surface area contributed by atoms with Crippen molar-refractivity contribution in [3.63, 3.8) is 0 Å². The minimum atomic E-state index is -0.261. The van der Waals surface area contributed by atoms with Gasteiger partial charge in [0, 0.05) is 5.56 Å². The molecular weight excluding hydrogens is 296 g/mol. The topological polar surface area (TPSA) is 62.2 Å². The molecule has 4 nitrogen and oxygen atoms in total. The standard InChI is InChI=1S/C17H12N2O2S/c20-13-8-9-14-15(11-13)22-17(19-14)16(21)18-10-4-7-12-5-2-1-3-6-12/h1-3,5-6,8-9,11,20H,10H2,(H,18,21). The summed E-state index contributed by atoms with van der Waals surface area (Å²) in [4.78, 5) is 16.3. The predicted molar refractivity (Wildman–Crippen MR) is 86.9 cm³/mol. The maximum absolute atomic E-state index is 12.0. The molecular formula is C17H12N2O2S. The van der Waals surface area contributed by atoms with Gasteiger partial charge in [-0.3, -0.25) is 4.79 Å². The first-order chi connectivity index (χ1) is 10.7. The summed E-state index contributed by atoms with van der Waals surface area (Å²) >= 11 is 1.24. The van der Waals surface area contributed by atoms with Crippen molar-refractivity contribution in [2.24, 2.45) is 0 Å². The highest BCUT2D eigenvalue weighted by Gasteiger charge is 2.11. The van der Waals surface area contributed by atoms with Crippen molar-refractivity contribution in [1.29, 1.82) is 0 Å². The van der Waals surface area contributed by atoms with Gasteiger partial charge in [-0.2, -0.15) is 0 Å². The fourth-order valence-corrected chi connectivity index (χ4v) is 2.79.